The summed E-state index contributed by atoms with van der Waals surface area (Å²) in [5.41, 5.74) is 4.89. The molecule has 0 saturated heterocycles. The quantitative estimate of drug-likeness (QED) is 0.396. The van der Waals surface area contributed by atoms with Crippen LogP contribution in [0.2, 0.25) is 0 Å². The van der Waals surface area contributed by atoms with Crippen molar-refractivity contribution in [1.29, 1.82) is 0 Å². The maximum atomic E-state index is 12.7. The van der Waals surface area contributed by atoms with Crippen LogP contribution in [0, 0.1) is 0 Å². The molecule has 1 aromatic heterocycles. The minimum absolute atomic E-state index is 0.0261. The van der Waals surface area contributed by atoms with E-state index >= 15 is 0 Å². The van der Waals surface area contributed by atoms with Gasteiger partial charge in [0.15, 0.2) is 0 Å². The Bertz CT molecular complexity index is 1060. The molecular formula is C26H31N3O3. The molecule has 6 nitrogen and oxygen atoms in total. The molecular weight excluding hydrogens is 402 g/mol. The second kappa shape index (κ2) is 10.5. The van der Waals surface area contributed by atoms with Gasteiger partial charge in [-0.05, 0) is 36.5 Å². The highest BCUT2D eigenvalue weighted by Gasteiger charge is 2.32. The van der Waals surface area contributed by atoms with Gasteiger partial charge in [-0.25, -0.2) is 0 Å². The zero-order chi connectivity index (χ0) is 22.3. The standard InChI is InChI=1S/C26H31N3O3/c1-32-24(31)14-6-3-9-16-27-23(30)18-29-17-15-21-20-12-7-8-13-22(20)28-25(21)26(29)19-10-4-2-5-11-19/h2,4-5,7-8,10-13,26,28H,3,6,9,14-18H2,1H3,(H,27,30). The summed E-state index contributed by atoms with van der Waals surface area (Å²) >= 11 is 0. The van der Waals surface area contributed by atoms with E-state index in [1.807, 2.05) is 6.07 Å². The summed E-state index contributed by atoms with van der Waals surface area (Å²) < 4.78 is 4.65. The Morgan fingerprint density at radius 3 is 2.66 bits per heavy atom. The molecule has 0 aliphatic carbocycles. The minimum atomic E-state index is -0.178. The van der Waals surface area contributed by atoms with Crippen LogP contribution in [-0.4, -0.2) is 48.5 Å². The van der Waals surface area contributed by atoms with Crippen LogP contribution in [0.4, 0.5) is 0 Å². The number of rotatable bonds is 9. The fourth-order valence-electron chi connectivity index (χ4n) is 4.62. The van der Waals surface area contributed by atoms with Crippen LogP contribution in [0.15, 0.2) is 54.6 Å². The van der Waals surface area contributed by atoms with Crippen molar-refractivity contribution < 1.29 is 14.3 Å². The van der Waals surface area contributed by atoms with Gasteiger partial charge in [-0.1, -0.05) is 55.0 Å². The van der Waals surface area contributed by atoms with Gasteiger partial charge in [0, 0.05) is 36.1 Å². The summed E-state index contributed by atoms with van der Waals surface area (Å²) in [6, 6.07) is 18.9. The van der Waals surface area contributed by atoms with Gasteiger partial charge in [-0.2, -0.15) is 0 Å². The number of ether oxygens (including phenoxy) is 1. The molecule has 1 unspecified atom stereocenters. The van der Waals surface area contributed by atoms with Gasteiger partial charge >= 0.3 is 5.97 Å². The van der Waals surface area contributed by atoms with E-state index in [9.17, 15) is 9.59 Å². The number of aromatic amines is 1. The number of carbonyl (C=O) groups is 2. The molecule has 2 heterocycles. The lowest BCUT2D eigenvalue weighted by molar-refractivity contribution is -0.140. The molecule has 4 rings (SSSR count). The largest absolute Gasteiger partial charge is 0.469 e. The summed E-state index contributed by atoms with van der Waals surface area (Å²) in [5.74, 6) is -0.138. The van der Waals surface area contributed by atoms with Crippen molar-refractivity contribution in [2.75, 3.05) is 26.7 Å². The first-order valence-electron chi connectivity index (χ1n) is 11.4. The zero-order valence-corrected chi connectivity index (χ0v) is 18.6. The van der Waals surface area contributed by atoms with Crippen molar-refractivity contribution in [1.82, 2.24) is 15.2 Å². The molecule has 2 aromatic carbocycles. The molecule has 0 spiro atoms. The molecule has 3 aromatic rings. The monoisotopic (exact) mass is 433 g/mol. The number of fused-ring (bicyclic) bond motifs is 3. The van der Waals surface area contributed by atoms with Crippen LogP contribution >= 0.6 is 0 Å². The van der Waals surface area contributed by atoms with E-state index in [1.165, 1.54) is 29.3 Å². The zero-order valence-electron chi connectivity index (χ0n) is 18.6. The first kappa shape index (κ1) is 22.1. The molecule has 0 radical (unpaired) electrons. The van der Waals surface area contributed by atoms with Gasteiger partial charge in [-0.3, -0.25) is 14.5 Å². The van der Waals surface area contributed by atoms with Gasteiger partial charge in [0.2, 0.25) is 5.91 Å². The number of hydrogen-bond donors (Lipinski definition) is 2. The van der Waals surface area contributed by atoms with Crippen molar-refractivity contribution in [3.63, 3.8) is 0 Å². The molecule has 2 N–H and O–H groups in total. The van der Waals surface area contributed by atoms with Crippen molar-refractivity contribution in [2.24, 2.45) is 0 Å². The number of hydrogen-bond acceptors (Lipinski definition) is 4. The fourth-order valence-corrected chi connectivity index (χ4v) is 4.62. The molecule has 1 atom stereocenters. The molecule has 1 aliphatic heterocycles. The number of H-pyrrole nitrogens is 1. The molecule has 1 amide bonds. The second-order valence-electron chi connectivity index (χ2n) is 8.33. The van der Waals surface area contributed by atoms with Gasteiger partial charge < -0.3 is 15.0 Å². The van der Waals surface area contributed by atoms with E-state index in [0.717, 1.165) is 37.7 Å². The third kappa shape index (κ3) is 5.02. The maximum absolute atomic E-state index is 12.7. The lowest BCUT2D eigenvalue weighted by Gasteiger charge is -2.35. The van der Waals surface area contributed by atoms with Crippen LogP contribution < -0.4 is 5.32 Å². The summed E-state index contributed by atoms with van der Waals surface area (Å²) in [4.78, 5) is 29.8. The molecule has 0 bridgehead atoms. The van der Waals surface area contributed by atoms with Crippen molar-refractivity contribution in [3.05, 3.63) is 71.4 Å². The number of aromatic nitrogens is 1. The molecule has 0 fully saturated rings. The fraction of sp³-hybridized carbons (Fsp3) is 0.385. The number of amides is 1. The highest BCUT2D eigenvalue weighted by Crippen LogP contribution is 2.38. The van der Waals surface area contributed by atoms with Crippen LogP contribution in [0.3, 0.4) is 0 Å². The van der Waals surface area contributed by atoms with Gasteiger partial charge in [0.05, 0.1) is 19.7 Å². The Morgan fingerprint density at radius 1 is 1.06 bits per heavy atom. The van der Waals surface area contributed by atoms with Crippen LogP contribution in [0.5, 0.6) is 0 Å². The number of nitrogens with zero attached hydrogens (tertiary/aromatic N) is 1. The SMILES string of the molecule is COC(=O)CCCCCNC(=O)CN1CCc2c([nH]c3ccccc23)C1c1ccccc1. The number of unbranched alkanes of at least 4 members (excludes halogenated alkanes) is 2. The average molecular weight is 434 g/mol. The Balaban J connectivity index is 1.42. The van der Waals surface area contributed by atoms with Crippen molar-refractivity contribution >= 4 is 22.8 Å². The normalized spacial score (nSPS) is 16.0. The predicted molar refractivity (Wildman–Crippen MR) is 125 cm³/mol. The number of benzene rings is 2. The van der Waals surface area contributed by atoms with Crippen LogP contribution in [0.25, 0.3) is 10.9 Å². The summed E-state index contributed by atoms with van der Waals surface area (Å²) in [7, 11) is 1.41. The average Bonchev–Trinajstić information content (AvgIpc) is 3.20. The number of para-hydroxylation sites is 1. The Morgan fingerprint density at radius 2 is 1.84 bits per heavy atom. The van der Waals surface area contributed by atoms with E-state index in [4.69, 9.17) is 0 Å². The molecule has 32 heavy (non-hydrogen) atoms. The van der Waals surface area contributed by atoms with Crippen LogP contribution in [-0.2, 0) is 20.7 Å². The van der Waals surface area contributed by atoms with Crippen molar-refractivity contribution in [3.8, 4) is 0 Å². The number of nitrogens with one attached hydrogen (secondary N) is 2. The van der Waals surface area contributed by atoms with Gasteiger partial charge in [0.25, 0.3) is 0 Å². The van der Waals surface area contributed by atoms with E-state index in [-0.39, 0.29) is 17.9 Å². The Labute approximate surface area is 188 Å². The van der Waals surface area contributed by atoms with Crippen molar-refractivity contribution in [2.45, 2.75) is 38.1 Å². The summed E-state index contributed by atoms with van der Waals surface area (Å²) in [6.07, 6.45) is 3.89. The number of methoxy groups -OCH3 is 1. The Hall–Kier alpha value is -3.12. The summed E-state index contributed by atoms with van der Waals surface area (Å²) in [5, 5.41) is 4.32. The maximum Gasteiger partial charge on any atom is 0.305 e. The predicted octanol–water partition coefficient (Wildman–Crippen LogP) is 3.97. The molecule has 6 heteroatoms. The topological polar surface area (TPSA) is 74.4 Å². The first-order valence-corrected chi connectivity index (χ1v) is 11.4. The van der Waals surface area contributed by atoms with E-state index < -0.39 is 0 Å². The van der Waals surface area contributed by atoms with E-state index in [1.54, 1.807) is 0 Å². The summed E-state index contributed by atoms with van der Waals surface area (Å²) in [6.45, 7) is 1.82. The second-order valence-corrected chi connectivity index (χ2v) is 8.33. The smallest absolute Gasteiger partial charge is 0.305 e. The van der Waals surface area contributed by atoms with Gasteiger partial charge in [-0.15, -0.1) is 0 Å². The minimum Gasteiger partial charge on any atom is -0.469 e. The Kier molecular flexibility index (Phi) is 7.22. The van der Waals surface area contributed by atoms with E-state index in [0.29, 0.717) is 19.5 Å². The molecule has 0 saturated carbocycles. The van der Waals surface area contributed by atoms with Gasteiger partial charge in [0.1, 0.15) is 0 Å². The third-order valence-electron chi connectivity index (χ3n) is 6.20. The molecule has 1 aliphatic rings. The lowest BCUT2D eigenvalue weighted by atomic mass is 9.92. The third-order valence-corrected chi connectivity index (χ3v) is 6.20. The van der Waals surface area contributed by atoms with Crippen LogP contribution in [0.1, 0.15) is 48.5 Å². The van der Waals surface area contributed by atoms with E-state index in [2.05, 4.69) is 68.5 Å². The lowest BCUT2D eigenvalue weighted by Crippen LogP contribution is -2.43. The highest BCUT2D eigenvalue weighted by molar-refractivity contribution is 5.85. The first-order chi connectivity index (χ1) is 15.7. The molecule has 168 valence electrons. The number of esters is 1. The number of carbonyl (C=O) groups excluding carboxylic acids is 2. The highest BCUT2D eigenvalue weighted by atomic mass is 16.5.